The van der Waals surface area contributed by atoms with Gasteiger partial charge in [-0.15, -0.1) is 0 Å². The molecule has 1 N–H and O–H groups in total. The summed E-state index contributed by atoms with van der Waals surface area (Å²) < 4.78 is 0. The molecule has 0 aliphatic rings. The van der Waals surface area contributed by atoms with Crippen LogP contribution in [-0.4, -0.2) is 17.4 Å². The van der Waals surface area contributed by atoms with Crippen molar-refractivity contribution in [3.05, 3.63) is 35.7 Å². The van der Waals surface area contributed by atoms with Gasteiger partial charge in [-0.1, -0.05) is 18.2 Å². The van der Waals surface area contributed by atoms with Gasteiger partial charge in [0.1, 0.15) is 11.8 Å². The van der Waals surface area contributed by atoms with Gasteiger partial charge in [0, 0.05) is 19.7 Å². The van der Waals surface area contributed by atoms with Crippen LogP contribution in [-0.2, 0) is 4.79 Å². The predicted octanol–water partition coefficient (Wildman–Crippen LogP) is 1.49. The maximum Gasteiger partial charge on any atom is 0.216 e. The standard InChI is InChI=1S/C12H13N3O/c1-10(16)14-7-3-2-4-11-5-6-12(8-13)15-9-11/h2,4-6,9H,3,7H2,1H3,(H,14,16). The molecule has 0 radical (unpaired) electrons. The molecule has 1 amide bonds. The molecule has 4 nitrogen and oxygen atoms in total. The van der Waals surface area contributed by atoms with Gasteiger partial charge in [0.05, 0.1) is 0 Å². The first-order chi connectivity index (χ1) is 7.72. The zero-order chi connectivity index (χ0) is 11.8. The summed E-state index contributed by atoms with van der Waals surface area (Å²) in [5.74, 6) is -0.0200. The number of hydrogen-bond acceptors (Lipinski definition) is 3. The second-order valence-electron chi connectivity index (χ2n) is 3.26. The van der Waals surface area contributed by atoms with Crippen LogP contribution in [0, 0.1) is 11.3 Å². The van der Waals surface area contributed by atoms with Gasteiger partial charge >= 0.3 is 0 Å². The largest absolute Gasteiger partial charge is 0.356 e. The summed E-state index contributed by atoms with van der Waals surface area (Å²) in [6, 6.07) is 5.47. The maximum atomic E-state index is 10.6. The molecule has 4 heteroatoms. The Labute approximate surface area is 94.6 Å². The number of carbonyl (C=O) groups is 1. The van der Waals surface area contributed by atoms with E-state index in [0.717, 1.165) is 12.0 Å². The molecule has 0 aliphatic carbocycles. The number of amides is 1. The number of nitrogens with zero attached hydrogens (tertiary/aromatic N) is 2. The fourth-order valence-electron chi connectivity index (χ4n) is 1.12. The number of pyridine rings is 1. The fraction of sp³-hybridized carbons (Fsp3) is 0.250. The summed E-state index contributed by atoms with van der Waals surface area (Å²) >= 11 is 0. The first kappa shape index (κ1) is 11.9. The van der Waals surface area contributed by atoms with Crippen LogP contribution in [0.5, 0.6) is 0 Å². The van der Waals surface area contributed by atoms with E-state index in [9.17, 15) is 4.79 Å². The molecule has 0 saturated carbocycles. The summed E-state index contributed by atoms with van der Waals surface area (Å²) in [4.78, 5) is 14.5. The van der Waals surface area contributed by atoms with E-state index in [-0.39, 0.29) is 5.91 Å². The molecule has 0 saturated heterocycles. The fourth-order valence-corrected chi connectivity index (χ4v) is 1.12. The van der Waals surface area contributed by atoms with E-state index >= 15 is 0 Å². The van der Waals surface area contributed by atoms with E-state index in [2.05, 4.69) is 10.3 Å². The molecular weight excluding hydrogens is 202 g/mol. The van der Waals surface area contributed by atoms with E-state index in [4.69, 9.17) is 5.26 Å². The van der Waals surface area contributed by atoms with Crippen molar-refractivity contribution in [3.8, 4) is 6.07 Å². The molecule has 1 rings (SSSR count). The highest BCUT2D eigenvalue weighted by Crippen LogP contribution is 2.02. The van der Waals surface area contributed by atoms with Crippen LogP contribution in [0.25, 0.3) is 6.08 Å². The van der Waals surface area contributed by atoms with Crippen LogP contribution in [0.3, 0.4) is 0 Å². The molecule has 1 aromatic rings. The van der Waals surface area contributed by atoms with E-state index < -0.39 is 0 Å². The zero-order valence-corrected chi connectivity index (χ0v) is 9.10. The second-order valence-corrected chi connectivity index (χ2v) is 3.26. The van der Waals surface area contributed by atoms with Gasteiger partial charge in [0.2, 0.25) is 5.91 Å². The lowest BCUT2D eigenvalue weighted by Gasteiger charge is -1.97. The summed E-state index contributed by atoms with van der Waals surface area (Å²) in [5.41, 5.74) is 1.36. The third kappa shape index (κ3) is 4.38. The molecule has 0 unspecified atom stereocenters. The molecule has 1 aromatic heterocycles. The Balaban J connectivity index is 2.38. The monoisotopic (exact) mass is 215 g/mol. The molecular formula is C12H13N3O. The van der Waals surface area contributed by atoms with Crippen molar-refractivity contribution in [1.29, 1.82) is 5.26 Å². The van der Waals surface area contributed by atoms with Crippen molar-refractivity contribution < 1.29 is 4.79 Å². The molecule has 0 bridgehead atoms. The minimum absolute atomic E-state index is 0.0200. The third-order valence-electron chi connectivity index (χ3n) is 1.90. The van der Waals surface area contributed by atoms with Crippen LogP contribution < -0.4 is 5.32 Å². The van der Waals surface area contributed by atoms with E-state index in [1.54, 1.807) is 12.3 Å². The lowest BCUT2D eigenvalue weighted by Crippen LogP contribution is -2.20. The van der Waals surface area contributed by atoms with Gasteiger partial charge in [0.15, 0.2) is 0 Å². The Morgan fingerprint density at radius 3 is 3.00 bits per heavy atom. The highest BCUT2D eigenvalue weighted by atomic mass is 16.1. The smallest absolute Gasteiger partial charge is 0.216 e. The van der Waals surface area contributed by atoms with Gasteiger partial charge < -0.3 is 5.32 Å². The molecule has 0 atom stereocenters. The third-order valence-corrected chi connectivity index (χ3v) is 1.90. The minimum Gasteiger partial charge on any atom is -0.356 e. The van der Waals surface area contributed by atoms with Crippen molar-refractivity contribution >= 4 is 12.0 Å². The van der Waals surface area contributed by atoms with Crippen molar-refractivity contribution in [2.45, 2.75) is 13.3 Å². The van der Waals surface area contributed by atoms with Crippen molar-refractivity contribution in [2.24, 2.45) is 0 Å². The first-order valence-corrected chi connectivity index (χ1v) is 4.99. The average Bonchev–Trinajstić information content (AvgIpc) is 2.29. The number of carbonyl (C=O) groups excluding carboxylic acids is 1. The van der Waals surface area contributed by atoms with Gasteiger partial charge in [-0.3, -0.25) is 4.79 Å². The van der Waals surface area contributed by atoms with E-state index in [1.165, 1.54) is 6.92 Å². The Hall–Kier alpha value is -2.15. The Morgan fingerprint density at radius 2 is 2.44 bits per heavy atom. The summed E-state index contributed by atoms with van der Waals surface area (Å²) in [6.45, 7) is 2.13. The molecule has 0 aliphatic heterocycles. The molecule has 0 aromatic carbocycles. The quantitative estimate of drug-likeness (QED) is 0.774. The summed E-state index contributed by atoms with van der Waals surface area (Å²) in [6.07, 6.45) is 6.29. The van der Waals surface area contributed by atoms with E-state index in [0.29, 0.717) is 12.2 Å². The summed E-state index contributed by atoms with van der Waals surface area (Å²) in [5, 5.41) is 11.3. The van der Waals surface area contributed by atoms with Crippen LogP contribution in [0.15, 0.2) is 24.4 Å². The lowest BCUT2D eigenvalue weighted by atomic mass is 10.2. The lowest BCUT2D eigenvalue weighted by molar-refractivity contribution is -0.118. The van der Waals surface area contributed by atoms with Crippen LogP contribution in [0.4, 0.5) is 0 Å². The number of nitrogens with one attached hydrogen (secondary N) is 1. The van der Waals surface area contributed by atoms with Gasteiger partial charge in [-0.25, -0.2) is 4.98 Å². The van der Waals surface area contributed by atoms with Crippen molar-refractivity contribution in [2.75, 3.05) is 6.54 Å². The second kappa shape index (κ2) is 6.36. The minimum atomic E-state index is -0.0200. The molecule has 1 heterocycles. The number of rotatable bonds is 4. The van der Waals surface area contributed by atoms with Crippen molar-refractivity contribution in [3.63, 3.8) is 0 Å². The highest BCUT2D eigenvalue weighted by molar-refractivity contribution is 5.72. The first-order valence-electron chi connectivity index (χ1n) is 4.99. The summed E-state index contributed by atoms with van der Waals surface area (Å²) in [7, 11) is 0. The van der Waals surface area contributed by atoms with Gasteiger partial charge in [-0.05, 0) is 18.1 Å². The number of nitriles is 1. The predicted molar refractivity (Wildman–Crippen MR) is 61.3 cm³/mol. The van der Waals surface area contributed by atoms with Crippen LogP contribution in [0.1, 0.15) is 24.6 Å². The maximum absolute atomic E-state index is 10.6. The average molecular weight is 215 g/mol. The van der Waals surface area contributed by atoms with Gasteiger partial charge in [0.25, 0.3) is 0 Å². The topological polar surface area (TPSA) is 65.8 Å². The molecule has 0 spiro atoms. The Morgan fingerprint density at radius 1 is 1.62 bits per heavy atom. The van der Waals surface area contributed by atoms with Crippen molar-refractivity contribution in [1.82, 2.24) is 10.3 Å². The molecule has 82 valence electrons. The van der Waals surface area contributed by atoms with Crippen LogP contribution >= 0.6 is 0 Å². The Kier molecular flexibility index (Phi) is 4.74. The zero-order valence-electron chi connectivity index (χ0n) is 9.10. The Bertz CT molecular complexity index is 415. The highest BCUT2D eigenvalue weighted by Gasteiger charge is 1.91. The molecule has 16 heavy (non-hydrogen) atoms. The van der Waals surface area contributed by atoms with Crippen LogP contribution in [0.2, 0.25) is 0 Å². The SMILES string of the molecule is CC(=O)NCCC=Cc1ccc(C#N)nc1. The van der Waals surface area contributed by atoms with Gasteiger partial charge in [-0.2, -0.15) is 5.26 Å². The number of hydrogen-bond donors (Lipinski definition) is 1. The number of aromatic nitrogens is 1. The normalized spacial score (nSPS) is 10.0. The van der Waals surface area contributed by atoms with E-state index in [1.807, 2.05) is 24.3 Å². The molecule has 0 fully saturated rings.